The molecule has 1 fully saturated rings. The molecule has 1 heterocycles. The largest absolute Gasteiger partial charge is 0.468 e. The molecule has 1 N–H and O–H groups in total. The maximum atomic E-state index is 12.3. The van der Waals surface area contributed by atoms with Crippen molar-refractivity contribution < 1.29 is 19.4 Å². The number of carbonyl (C=O) groups is 1. The number of halogens is 3. The van der Waals surface area contributed by atoms with Crippen LogP contribution in [-0.4, -0.2) is 77.0 Å². The van der Waals surface area contributed by atoms with E-state index in [1.165, 1.54) is 12.7 Å². The average Bonchev–Trinajstić information content (AvgIpc) is 3.01. The number of rotatable bonds is 7. The van der Waals surface area contributed by atoms with E-state index in [0.29, 0.717) is 25.4 Å². The van der Waals surface area contributed by atoms with E-state index >= 15 is 0 Å². The molecule has 0 radical (unpaired) electrons. The molecule has 27 heavy (non-hydrogen) atoms. The number of esters is 1. The number of aliphatic hydroxyl groups is 1. The molecule has 0 amide bonds. The minimum atomic E-state index is -1.60. The van der Waals surface area contributed by atoms with Crippen LogP contribution in [0.5, 0.6) is 0 Å². The lowest BCUT2D eigenvalue weighted by Gasteiger charge is -2.30. The summed E-state index contributed by atoms with van der Waals surface area (Å²) in [5, 5.41) is 10.2. The Morgan fingerprint density at radius 3 is 2.78 bits per heavy atom. The molecule has 1 aliphatic heterocycles. The Kier molecular flexibility index (Phi) is 8.43. The molecule has 6 nitrogen and oxygen atoms in total. The monoisotopic (exact) mass is 440 g/mol. The first-order valence-corrected chi connectivity index (χ1v) is 10.0. The van der Waals surface area contributed by atoms with Gasteiger partial charge in [-0.05, 0) is 31.4 Å². The molecule has 154 valence electrons. The maximum Gasteiger partial charge on any atom is 0.323 e. The summed E-state index contributed by atoms with van der Waals surface area (Å²) in [5.41, 5.74) is 1.18. The first-order chi connectivity index (χ1) is 12.6. The molecule has 9 heteroatoms. The predicted octanol–water partition coefficient (Wildman–Crippen LogP) is 2.72. The second-order valence-electron chi connectivity index (χ2n) is 7.13. The van der Waals surface area contributed by atoms with Crippen LogP contribution in [0.3, 0.4) is 0 Å². The molecule has 0 aromatic carbocycles. The smallest absolute Gasteiger partial charge is 0.323 e. The van der Waals surface area contributed by atoms with Crippen LogP contribution < -0.4 is 0 Å². The molecule has 0 spiro atoms. The number of aliphatic hydroxyl groups excluding tert-OH is 1. The Hall–Kier alpha value is -0.340. The molecule has 0 saturated carbocycles. The fourth-order valence-electron chi connectivity index (χ4n) is 3.46. The Morgan fingerprint density at radius 2 is 2.19 bits per heavy atom. The lowest BCUT2D eigenvalue weighted by Crippen LogP contribution is -2.44. The van der Waals surface area contributed by atoms with Gasteiger partial charge in [0.2, 0.25) is 10.2 Å². The standard InChI is InChI=1S/C18H27Cl3N2O4/c1-12-5-4-6-13(7-12)9-23-10-14(8-15(23)16(24)26-3)22(2)17(25)27-11-18(19,20)21/h4,6-7,12,14-15,17,25H,5,8-11H2,1-3H3/t12?,14-,15-,17?/m0/s1. The van der Waals surface area contributed by atoms with Crippen LogP contribution in [0.2, 0.25) is 0 Å². The van der Waals surface area contributed by atoms with E-state index in [1.807, 2.05) is 0 Å². The summed E-state index contributed by atoms with van der Waals surface area (Å²) in [6.45, 7) is 3.16. The van der Waals surface area contributed by atoms with E-state index in [0.717, 1.165) is 6.42 Å². The van der Waals surface area contributed by atoms with Crippen molar-refractivity contribution in [2.75, 3.05) is 33.9 Å². The second kappa shape index (κ2) is 9.92. The number of allylic oxidation sites excluding steroid dienone is 2. The van der Waals surface area contributed by atoms with E-state index in [1.54, 1.807) is 11.9 Å². The topological polar surface area (TPSA) is 62.2 Å². The van der Waals surface area contributed by atoms with Gasteiger partial charge >= 0.3 is 5.97 Å². The fourth-order valence-corrected chi connectivity index (χ4v) is 3.65. The van der Waals surface area contributed by atoms with Crippen LogP contribution in [0.4, 0.5) is 0 Å². The van der Waals surface area contributed by atoms with Gasteiger partial charge in [-0.15, -0.1) is 0 Å². The Morgan fingerprint density at radius 1 is 1.48 bits per heavy atom. The number of hydrogen-bond donors (Lipinski definition) is 1. The molecular weight excluding hydrogens is 415 g/mol. The summed E-state index contributed by atoms with van der Waals surface area (Å²) >= 11 is 17.0. The van der Waals surface area contributed by atoms with Crippen molar-refractivity contribution in [2.45, 2.75) is 42.1 Å². The fraction of sp³-hybridized carbons (Fsp3) is 0.722. The van der Waals surface area contributed by atoms with Gasteiger partial charge < -0.3 is 14.6 Å². The van der Waals surface area contributed by atoms with Gasteiger partial charge in [0.15, 0.2) is 0 Å². The molecule has 1 aliphatic carbocycles. The number of ether oxygens (including phenoxy) is 2. The van der Waals surface area contributed by atoms with Gasteiger partial charge in [-0.25, -0.2) is 0 Å². The molecular formula is C18H27Cl3N2O4. The number of nitrogens with zero attached hydrogens (tertiary/aromatic N) is 2. The van der Waals surface area contributed by atoms with Crippen LogP contribution in [0.15, 0.2) is 23.8 Å². The third-order valence-corrected chi connectivity index (χ3v) is 5.23. The average molecular weight is 442 g/mol. The van der Waals surface area contributed by atoms with Crippen LogP contribution >= 0.6 is 34.8 Å². The zero-order chi connectivity index (χ0) is 20.2. The molecule has 1 saturated heterocycles. The number of carbonyl (C=O) groups excluding carboxylic acids is 1. The van der Waals surface area contributed by atoms with Gasteiger partial charge in [-0.3, -0.25) is 14.6 Å². The van der Waals surface area contributed by atoms with Gasteiger partial charge in [0.1, 0.15) is 6.04 Å². The highest BCUT2D eigenvalue weighted by Crippen LogP contribution is 2.29. The van der Waals surface area contributed by atoms with E-state index < -0.39 is 10.2 Å². The Bertz CT molecular complexity index is 579. The zero-order valence-electron chi connectivity index (χ0n) is 15.8. The Labute approximate surface area is 175 Å². The predicted molar refractivity (Wildman–Crippen MR) is 107 cm³/mol. The van der Waals surface area contributed by atoms with Crippen LogP contribution in [0.25, 0.3) is 0 Å². The summed E-state index contributed by atoms with van der Waals surface area (Å²) in [6.07, 6.45) is 6.79. The Balaban J connectivity index is 2.03. The minimum Gasteiger partial charge on any atom is -0.468 e. The van der Waals surface area contributed by atoms with Gasteiger partial charge in [-0.2, -0.15) is 0 Å². The quantitative estimate of drug-likeness (QED) is 0.372. The normalized spacial score (nSPS) is 27.7. The molecule has 4 atom stereocenters. The molecule has 2 aliphatic rings. The van der Waals surface area contributed by atoms with Gasteiger partial charge in [0.25, 0.3) is 0 Å². The summed E-state index contributed by atoms with van der Waals surface area (Å²) < 4.78 is 8.60. The van der Waals surface area contributed by atoms with Crippen molar-refractivity contribution in [3.63, 3.8) is 0 Å². The van der Waals surface area contributed by atoms with Crippen LogP contribution in [0, 0.1) is 5.92 Å². The lowest BCUT2D eigenvalue weighted by molar-refractivity contribution is -0.194. The van der Waals surface area contributed by atoms with Gasteiger partial charge in [-0.1, -0.05) is 60.0 Å². The molecule has 2 rings (SSSR count). The SMILES string of the molecule is COC(=O)[C@@H]1C[C@H](N(C)C(O)OCC(Cl)(Cl)Cl)CN1CC1=CC(C)CC=C1. The summed E-state index contributed by atoms with van der Waals surface area (Å²) in [7, 11) is 3.10. The number of likely N-dealkylation sites (tertiary alicyclic amines) is 1. The van der Waals surface area contributed by atoms with Crippen molar-refractivity contribution >= 4 is 40.8 Å². The van der Waals surface area contributed by atoms with E-state index in [-0.39, 0.29) is 24.7 Å². The third kappa shape index (κ3) is 6.89. The van der Waals surface area contributed by atoms with Crippen molar-refractivity contribution in [3.05, 3.63) is 23.8 Å². The number of alkyl halides is 3. The zero-order valence-corrected chi connectivity index (χ0v) is 18.0. The van der Waals surface area contributed by atoms with Crippen LogP contribution in [-0.2, 0) is 14.3 Å². The third-order valence-electron chi connectivity index (χ3n) is 4.90. The van der Waals surface area contributed by atoms with Crippen molar-refractivity contribution in [3.8, 4) is 0 Å². The molecule has 0 aromatic heterocycles. The highest BCUT2D eigenvalue weighted by atomic mass is 35.6. The van der Waals surface area contributed by atoms with Gasteiger partial charge in [0.05, 0.1) is 13.7 Å². The first-order valence-electron chi connectivity index (χ1n) is 8.88. The lowest BCUT2D eigenvalue weighted by atomic mass is 9.97. The molecule has 0 bridgehead atoms. The highest BCUT2D eigenvalue weighted by molar-refractivity contribution is 6.67. The van der Waals surface area contributed by atoms with Crippen molar-refractivity contribution in [2.24, 2.45) is 5.92 Å². The van der Waals surface area contributed by atoms with Crippen molar-refractivity contribution in [1.82, 2.24) is 9.80 Å². The molecule has 2 unspecified atom stereocenters. The first kappa shape index (κ1) is 22.9. The second-order valence-corrected chi connectivity index (χ2v) is 9.65. The number of likely N-dealkylation sites (N-methyl/N-ethyl adjacent to an activating group) is 1. The summed E-state index contributed by atoms with van der Waals surface area (Å²) in [6, 6.07) is -0.487. The number of methoxy groups -OCH3 is 1. The van der Waals surface area contributed by atoms with Gasteiger partial charge in [0, 0.05) is 19.1 Å². The van der Waals surface area contributed by atoms with Crippen LogP contribution in [0.1, 0.15) is 19.8 Å². The van der Waals surface area contributed by atoms with E-state index in [9.17, 15) is 9.90 Å². The molecule has 0 aromatic rings. The van der Waals surface area contributed by atoms with Crippen molar-refractivity contribution in [1.29, 1.82) is 0 Å². The summed E-state index contributed by atoms with van der Waals surface area (Å²) in [5.74, 6) is 0.204. The summed E-state index contributed by atoms with van der Waals surface area (Å²) in [4.78, 5) is 16.0. The minimum absolute atomic E-state index is 0.106. The highest BCUT2D eigenvalue weighted by Gasteiger charge is 2.41. The van der Waals surface area contributed by atoms with E-state index in [4.69, 9.17) is 44.3 Å². The van der Waals surface area contributed by atoms with E-state index in [2.05, 4.69) is 30.1 Å². The number of hydrogen-bond acceptors (Lipinski definition) is 6. The maximum absolute atomic E-state index is 12.3.